The summed E-state index contributed by atoms with van der Waals surface area (Å²) in [6.07, 6.45) is -2.46. The van der Waals surface area contributed by atoms with Crippen molar-refractivity contribution in [1.29, 1.82) is 0 Å². The van der Waals surface area contributed by atoms with E-state index in [1.165, 1.54) is 6.07 Å². The molecule has 0 unspecified atom stereocenters. The number of alkyl halides is 3. The lowest BCUT2D eigenvalue weighted by Crippen LogP contribution is -2.45. The van der Waals surface area contributed by atoms with E-state index in [9.17, 15) is 17.6 Å². The van der Waals surface area contributed by atoms with Crippen molar-refractivity contribution in [1.82, 2.24) is 10.2 Å². The van der Waals surface area contributed by atoms with Crippen LogP contribution in [0, 0.1) is 5.82 Å². The lowest BCUT2D eigenvalue weighted by atomic mass is 9.98. The van der Waals surface area contributed by atoms with Crippen LogP contribution in [0.1, 0.15) is 23.6 Å². The van der Waals surface area contributed by atoms with E-state index in [1.807, 2.05) is 0 Å². The molecular weight excluding hydrogens is 355 g/mol. The molecule has 1 aliphatic heterocycles. The molecule has 2 rings (SSSR count). The van der Waals surface area contributed by atoms with Gasteiger partial charge in [0, 0.05) is 32.2 Å². The Morgan fingerprint density at radius 3 is 2.35 bits per heavy atom. The molecule has 1 aromatic carbocycles. The van der Waals surface area contributed by atoms with E-state index in [0.717, 1.165) is 38.3 Å². The van der Waals surface area contributed by atoms with Crippen LogP contribution in [0.15, 0.2) is 30.9 Å². The van der Waals surface area contributed by atoms with Gasteiger partial charge in [-0.05, 0) is 24.1 Å². The van der Waals surface area contributed by atoms with Crippen molar-refractivity contribution in [3.63, 3.8) is 0 Å². The predicted octanol–water partition coefficient (Wildman–Crippen LogP) is 4.21. The van der Waals surface area contributed by atoms with Gasteiger partial charge in [-0.1, -0.05) is 12.1 Å². The maximum absolute atomic E-state index is 13.4. The number of hydrogen-bond donors (Lipinski definition) is 1. The summed E-state index contributed by atoms with van der Waals surface area (Å²) in [6, 6.07) is 3.05. The summed E-state index contributed by atoms with van der Waals surface area (Å²) in [7, 11) is 0. The largest absolute Gasteiger partial charge is 0.419 e. The fraction of sp³-hybridized carbons (Fsp3) is 0.467. The minimum absolute atomic E-state index is 0. The SMILES string of the molecule is C=CC[C@@H](c1ccc(F)c(C(F)(F)F)c1)N1CCNCC1.Cl.Cl. The summed E-state index contributed by atoms with van der Waals surface area (Å²) in [4.78, 5) is 2.10. The first kappa shape index (κ1) is 22.2. The third-order valence-corrected chi connectivity index (χ3v) is 3.66. The number of halogens is 6. The van der Waals surface area contributed by atoms with Crippen LogP contribution < -0.4 is 5.32 Å². The lowest BCUT2D eigenvalue weighted by molar-refractivity contribution is -0.140. The lowest BCUT2D eigenvalue weighted by Gasteiger charge is -2.35. The van der Waals surface area contributed by atoms with E-state index in [-0.39, 0.29) is 30.9 Å². The molecular formula is C15H20Cl2F4N2. The minimum atomic E-state index is -4.68. The van der Waals surface area contributed by atoms with Gasteiger partial charge in [0.2, 0.25) is 0 Å². The van der Waals surface area contributed by atoms with E-state index in [2.05, 4.69) is 16.8 Å². The van der Waals surface area contributed by atoms with E-state index in [0.29, 0.717) is 12.0 Å². The molecule has 0 spiro atoms. The second-order valence-corrected chi connectivity index (χ2v) is 5.06. The Bertz CT molecular complexity index is 503. The van der Waals surface area contributed by atoms with Crippen molar-refractivity contribution >= 4 is 24.8 Å². The standard InChI is InChI=1S/C15H18F4N2.2ClH/c1-2-3-14(21-8-6-20-7-9-21)11-4-5-13(16)12(10-11)15(17,18)19;;/h2,4-5,10,14,20H,1,3,6-9H2;2*1H/t14-;;/m0../s1. The Morgan fingerprint density at radius 2 is 1.83 bits per heavy atom. The number of benzene rings is 1. The number of nitrogens with one attached hydrogen (secondary N) is 1. The Hall–Kier alpha value is -0.820. The van der Waals surface area contributed by atoms with Gasteiger partial charge in [0.15, 0.2) is 0 Å². The predicted molar refractivity (Wildman–Crippen MR) is 87.9 cm³/mol. The highest BCUT2D eigenvalue weighted by atomic mass is 35.5. The van der Waals surface area contributed by atoms with Gasteiger partial charge in [-0.2, -0.15) is 13.2 Å². The van der Waals surface area contributed by atoms with Gasteiger partial charge in [0.05, 0.1) is 5.56 Å². The van der Waals surface area contributed by atoms with E-state index < -0.39 is 17.6 Å². The van der Waals surface area contributed by atoms with E-state index >= 15 is 0 Å². The summed E-state index contributed by atoms with van der Waals surface area (Å²) in [5, 5.41) is 3.20. The molecule has 1 fully saturated rings. The Balaban J connectivity index is 0.00000242. The van der Waals surface area contributed by atoms with Crippen molar-refractivity contribution in [3.05, 3.63) is 47.8 Å². The zero-order chi connectivity index (χ0) is 15.5. The molecule has 8 heteroatoms. The first-order chi connectivity index (χ1) is 9.93. The van der Waals surface area contributed by atoms with Gasteiger partial charge in [-0.25, -0.2) is 4.39 Å². The Kier molecular flexibility index (Phi) is 9.13. The molecule has 1 aromatic rings. The molecule has 1 saturated heterocycles. The summed E-state index contributed by atoms with van der Waals surface area (Å²) in [5.74, 6) is -1.23. The number of rotatable bonds is 4. The first-order valence-electron chi connectivity index (χ1n) is 6.86. The third kappa shape index (κ3) is 5.64. The molecule has 1 aliphatic rings. The molecule has 0 bridgehead atoms. The molecule has 0 radical (unpaired) electrons. The quantitative estimate of drug-likeness (QED) is 0.627. The van der Waals surface area contributed by atoms with E-state index in [4.69, 9.17) is 0 Å². The topological polar surface area (TPSA) is 15.3 Å². The first-order valence-corrected chi connectivity index (χ1v) is 6.86. The zero-order valence-electron chi connectivity index (χ0n) is 12.4. The highest BCUT2D eigenvalue weighted by Crippen LogP contribution is 2.35. The highest BCUT2D eigenvalue weighted by Gasteiger charge is 2.35. The van der Waals surface area contributed by atoms with Gasteiger partial charge in [-0.3, -0.25) is 4.90 Å². The van der Waals surface area contributed by atoms with Crippen LogP contribution in [0.5, 0.6) is 0 Å². The third-order valence-electron chi connectivity index (χ3n) is 3.66. The van der Waals surface area contributed by atoms with Crippen LogP contribution in [0.3, 0.4) is 0 Å². The molecule has 1 heterocycles. The molecule has 0 aliphatic carbocycles. The van der Waals surface area contributed by atoms with Crippen LogP contribution in [0.25, 0.3) is 0 Å². The van der Waals surface area contributed by atoms with E-state index in [1.54, 1.807) is 6.08 Å². The average Bonchev–Trinajstić information content (AvgIpc) is 2.45. The summed E-state index contributed by atoms with van der Waals surface area (Å²) < 4.78 is 51.9. The van der Waals surface area contributed by atoms with Crippen LogP contribution >= 0.6 is 24.8 Å². The molecule has 0 amide bonds. The molecule has 132 valence electrons. The Morgan fingerprint density at radius 1 is 1.22 bits per heavy atom. The normalized spacial score (nSPS) is 16.9. The molecule has 2 nitrogen and oxygen atoms in total. The summed E-state index contributed by atoms with van der Waals surface area (Å²) >= 11 is 0. The van der Waals surface area contributed by atoms with Gasteiger partial charge < -0.3 is 5.32 Å². The minimum Gasteiger partial charge on any atom is -0.314 e. The maximum Gasteiger partial charge on any atom is 0.419 e. The van der Waals surface area contributed by atoms with Crippen molar-refractivity contribution in [2.45, 2.75) is 18.6 Å². The van der Waals surface area contributed by atoms with Gasteiger partial charge in [-0.15, -0.1) is 31.4 Å². The van der Waals surface area contributed by atoms with Crippen LogP contribution in [-0.2, 0) is 6.18 Å². The van der Waals surface area contributed by atoms with Crippen molar-refractivity contribution in [3.8, 4) is 0 Å². The number of hydrogen-bond acceptors (Lipinski definition) is 2. The molecule has 23 heavy (non-hydrogen) atoms. The fourth-order valence-electron chi connectivity index (χ4n) is 2.62. The second-order valence-electron chi connectivity index (χ2n) is 5.06. The smallest absolute Gasteiger partial charge is 0.314 e. The van der Waals surface area contributed by atoms with Crippen molar-refractivity contribution in [2.75, 3.05) is 26.2 Å². The maximum atomic E-state index is 13.4. The molecule has 0 saturated carbocycles. The van der Waals surface area contributed by atoms with Crippen LogP contribution in [0.4, 0.5) is 17.6 Å². The van der Waals surface area contributed by atoms with Gasteiger partial charge in [0.1, 0.15) is 5.82 Å². The molecule has 1 N–H and O–H groups in total. The van der Waals surface area contributed by atoms with Gasteiger partial charge in [0.25, 0.3) is 0 Å². The van der Waals surface area contributed by atoms with Crippen molar-refractivity contribution in [2.24, 2.45) is 0 Å². The monoisotopic (exact) mass is 374 g/mol. The fourth-order valence-corrected chi connectivity index (χ4v) is 2.62. The van der Waals surface area contributed by atoms with Crippen LogP contribution in [-0.4, -0.2) is 31.1 Å². The molecule has 1 atom stereocenters. The number of nitrogens with zero attached hydrogens (tertiary/aromatic N) is 1. The highest BCUT2D eigenvalue weighted by molar-refractivity contribution is 5.85. The second kappa shape index (κ2) is 9.47. The Labute approximate surface area is 145 Å². The summed E-state index contributed by atoms with van der Waals surface area (Å²) in [6.45, 7) is 6.75. The summed E-state index contributed by atoms with van der Waals surface area (Å²) in [5.41, 5.74) is -0.727. The number of piperazine rings is 1. The van der Waals surface area contributed by atoms with Crippen LogP contribution in [0.2, 0.25) is 0 Å². The zero-order valence-corrected chi connectivity index (χ0v) is 14.0. The van der Waals surface area contributed by atoms with Gasteiger partial charge >= 0.3 is 6.18 Å². The molecule has 0 aromatic heterocycles. The average molecular weight is 375 g/mol. The van der Waals surface area contributed by atoms with Crippen molar-refractivity contribution < 1.29 is 17.6 Å².